The Morgan fingerprint density at radius 2 is 1.93 bits per heavy atom. The zero-order valence-electron chi connectivity index (χ0n) is 8.94. The predicted octanol–water partition coefficient (Wildman–Crippen LogP) is -2.00. The van der Waals surface area contributed by atoms with Gasteiger partial charge < -0.3 is 11.3 Å². The van der Waals surface area contributed by atoms with Gasteiger partial charge in [0.2, 0.25) is 5.91 Å². The molecule has 1 amide bonds. The van der Waals surface area contributed by atoms with Crippen LogP contribution in [-0.2, 0) is 15.9 Å². The Labute approximate surface area is 108 Å². The van der Waals surface area contributed by atoms with E-state index in [0.717, 1.165) is 0 Å². The fraction of sp³-hybridized carbons (Fsp3) is 0.125. The molecular formula is C8H9NNaO3S-. The maximum Gasteiger partial charge on any atom is 1.00 e. The van der Waals surface area contributed by atoms with Gasteiger partial charge in [-0.1, -0.05) is 0 Å². The summed E-state index contributed by atoms with van der Waals surface area (Å²) in [5.41, 5.74) is 0.585. The van der Waals surface area contributed by atoms with Crippen molar-refractivity contribution in [2.45, 2.75) is 11.8 Å². The summed E-state index contributed by atoms with van der Waals surface area (Å²) in [6, 6.07) is 5.92. The Bertz CT molecular complexity index is 344. The molecule has 0 aliphatic carbocycles. The maximum atomic E-state index is 10.6. The van der Waals surface area contributed by atoms with Crippen molar-refractivity contribution >= 4 is 22.7 Å². The molecule has 0 heterocycles. The van der Waals surface area contributed by atoms with Gasteiger partial charge in [-0.15, -0.1) is 0 Å². The van der Waals surface area contributed by atoms with Crippen LogP contribution in [0.4, 0.5) is 5.69 Å². The fourth-order valence-electron chi connectivity index (χ4n) is 0.853. The van der Waals surface area contributed by atoms with Crippen molar-refractivity contribution in [2.24, 2.45) is 0 Å². The van der Waals surface area contributed by atoms with Crippen molar-refractivity contribution in [3.63, 3.8) is 0 Å². The van der Waals surface area contributed by atoms with Gasteiger partial charge in [0.15, 0.2) is 0 Å². The van der Waals surface area contributed by atoms with Crippen LogP contribution in [0.15, 0.2) is 29.2 Å². The fourth-order valence-corrected chi connectivity index (χ4v) is 1.21. The van der Waals surface area contributed by atoms with E-state index in [2.05, 4.69) is 5.32 Å². The number of hydrogen-bond donors (Lipinski definition) is 1. The van der Waals surface area contributed by atoms with E-state index in [9.17, 15) is 13.6 Å². The molecule has 0 bridgehead atoms. The van der Waals surface area contributed by atoms with Gasteiger partial charge in [0.25, 0.3) is 0 Å². The van der Waals surface area contributed by atoms with Gasteiger partial charge in [-0.3, -0.25) is 9.00 Å². The average Bonchev–Trinajstić information content (AvgIpc) is 2.04. The second kappa shape index (κ2) is 6.31. The molecule has 1 rings (SSSR count). The SMILES string of the molecule is CC(=O)Nc1ccc(S(=O)[O-])cc1.[H-].[Na+]. The zero-order chi connectivity index (χ0) is 9.84. The van der Waals surface area contributed by atoms with Gasteiger partial charge in [0, 0.05) is 17.5 Å². The van der Waals surface area contributed by atoms with E-state index in [-0.39, 0.29) is 41.8 Å². The van der Waals surface area contributed by atoms with Crippen molar-refractivity contribution in [3.8, 4) is 0 Å². The third kappa shape index (κ3) is 4.34. The van der Waals surface area contributed by atoms with E-state index in [1.54, 1.807) is 0 Å². The van der Waals surface area contributed by atoms with Crippen molar-refractivity contribution in [3.05, 3.63) is 24.3 Å². The van der Waals surface area contributed by atoms with Crippen molar-refractivity contribution in [1.29, 1.82) is 0 Å². The predicted molar refractivity (Wildman–Crippen MR) is 49.0 cm³/mol. The monoisotopic (exact) mass is 222 g/mol. The normalized spacial score (nSPS) is 11.3. The number of benzene rings is 1. The minimum Gasteiger partial charge on any atom is -1.00 e. The number of nitrogens with one attached hydrogen (secondary N) is 1. The van der Waals surface area contributed by atoms with Crippen LogP contribution in [0.2, 0.25) is 0 Å². The van der Waals surface area contributed by atoms with Crippen LogP contribution >= 0.6 is 0 Å². The Hall–Kier alpha value is -0.200. The molecule has 4 nitrogen and oxygen atoms in total. The van der Waals surface area contributed by atoms with Crippen LogP contribution in [0.25, 0.3) is 0 Å². The summed E-state index contributed by atoms with van der Waals surface area (Å²) in [5, 5.41) is 2.53. The van der Waals surface area contributed by atoms with E-state index >= 15 is 0 Å². The first-order valence-corrected chi connectivity index (χ1v) is 4.64. The summed E-state index contributed by atoms with van der Waals surface area (Å²) in [4.78, 5) is 10.8. The first kappa shape index (κ1) is 13.8. The summed E-state index contributed by atoms with van der Waals surface area (Å²) in [6.45, 7) is 1.39. The molecule has 1 N–H and O–H groups in total. The number of rotatable bonds is 2. The second-order valence-corrected chi connectivity index (χ2v) is 3.38. The van der Waals surface area contributed by atoms with E-state index in [1.807, 2.05) is 0 Å². The smallest absolute Gasteiger partial charge is 1.00 e. The molecule has 0 aromatic heterocycles. The molecule has 0 saturated heterocycles. The largest absolute Gasteiger partial charge is 1.00 e. The summed E-state index contributed by atoms with van der Waals surface area (Å²) in [7, 11) is 0. The Balaban J connectivity index is 0. The summed E-state index contributed by atoms with van der Waals surface area (Å²) in [6.07, 6.45) is 0. The maximum absolute atomic E-state index is 10.6. The third-order valence-electron chi connectivity index (χ3n) is 1.37. The summed E-state index contributed by atoms with van der Waals surface area (Å²) in [5.74, 6) is -0.184. The van der Waals surface area contributed by atoms with E-state index in [1.165, 1.54) is 31.2 Å². The van der Waals surface area contributed by atoms with Gasteiger partial charge >= 0.3 is 29.6 Å². The number of amides is 1. The molecule has 14 heavy (non-hydrogen) atoms. The zero-order valence-corrected chi connectivity index (χ0v) is 10.8. The molecule has 1 unspecified atom stereocenters. The molecule has 6 heteroatoms. The van der Waals surface area contributed by atoms with Crippen molar-refractivity contribution in [2.75, 3.05) is 5.32 Å². The number of hydrogen-bond acceptors (Lipinski definition) is 3. The average molecular weight is 222 g/mol. The van der Waals surface area contributed by atoms with Crippen molar-refractivity contribution in [1.82, 2.24) is 0 Å². The third-order valence-corrected chi connectivity index (χ3v) is 2.02. The van der Waals surface area contributed by atoms with Crippen LogP contribution < -0.4 is 34.9 Å². The molecule has 0 spiro atoms. The molecular weight excluding hydrogens is 213 g/mol. The molecule has 0 fully saturated rings. The molecule has 0 radical (unpaired) electrons. The molecule has 0 aliphatic heterocycles. The second-order valence-electron chi connectivity index (χ2n) is 2.44. The Morgan fingerprint density at radius 3 is 2.29 bits per heavy atom. The van der Waals surface area contributed by atoms with Crippen LogP contribution in [0.5, 0.6) is 0 Å². The van der Waals surface area contributed by atoms with Crippen LogP contribution in [0, 0.1) is 0 Å². The van der Waals surface area contributed by atoms with Crippen LogP contribution in [0.1, 0.15) is 8.35 Å². The number of carbonyl (C=O) groups excluding carboxylic acids is 1. The van der Waals surface area contributed by atoms with Crippen LogP contribution in [0.3, 0.4) is 0 Å². The topological polar surface area (TPSA) is 69.2 Å². The molecule has 1 atom stereocenters. The first-order chi connectivity index (χ1) is 6.09. The summed E-state index contributed by atoms with van der Waals surface area (Å²) >= 11 is -2.21. The minimum absolute atomic E-state index is 0. The van der Waals surface area contributed by atoms with Gasteiger partial charge in [0.1, 0.15) is 0 Å². The van der Waals surface area contributed by atoms with Gasteiger partial charge in [-0.2, -0.15) is 0 Å². The molecule has 1 aromatic rings. The number of carbonyl (C=O) groups is 1. The quantitative estimate of drug-likeness (QED) is 0.465. The minimum atomic E-state index is -2.21. The molecule has 0 saturated carbocycles. The Kier molecular flexibility index (Phi) is 6.22. The van der Waals surface area contributed by atoms with E-state index in [4.69, 9.17) is 0 Å². The van der Waals surface area contributed by atoms with Crippen molar-refractivity contribution < 1.29 is 44.5 Å². The molecule has 72 valence electrons. The van der Waals surface area contributed by atoms with Crippen LogP contribution in [-0.4, -0.2) is 14.7 Å². The van der Waals surface area contributed by atoms with E-state index in [0.29, 0.717) is 5.69 Å². The van der Waals surface area contributed by atoms with Gasteiger partial charge in [-0.05, 0) is 35.3 Å². The van der Waals surface area contributed by atoms with Gasteiger partial charge in [0.05, 0.1) is 0 Å². The standard InChI is InChI=1S/C8H9NO3S.Na.H/c1-6(10)9-7-2-4-8(5-3-7)13(11)12;;/h2-5H,1H3,(H,9,10)(H,11,12);;/q;+1;-1/p-1. The molecule has 1 aromatic carbocycles. The number of anilines is 1. The Morgan fingerprint density at radius 1 is 1.43 bits per heavy atom. The molecule has 0 aliphatic rings. The van der Waals surface area contributed by atoms with E-state index < -0.39 is 11.1 Å². The first-order valence-electron chi connectivity index (χ1n) is 3.56. The summed E-state index contributed by atoms with van der Waals surface area (Å²) < 4.78 is 20.9. The van der Waals surface area contributed by atoms with Gasteiger partial charge in [-0.25, -0.2) is 0 Å².